The first-order valence-electron chi connectivity index (χ1n) is 11.6. The molecule has 2 atom stereocenters. The van der Waals surface area contributed by atoms with E-state index in [4.69, 9.17) is 21.1 Å². The predicted molar refractivity (Wildman–Crippen MR) is 125 cm³/mol. The highest BCUT2D eigenvalue weighted by atomic mass is 35.5. The summed E-state index contributed by atoms with van der Waals surface area (Å²) < 4.78 is 13.4. The van der Waals surface area contributed by atoms with Crippen molar-refractivity contribution in [1.29, 1.82) is 0 Å². The van der Waals surface area contributed by atoms with E-state index in [1.807, 2.05) is 42.0 Å². The Morgan fingerprint density at radius 1 is 1.15 bits per heavy atom. The van der Waals surface area contributed by atoms with Crippen LogP contribution in [0.3, 0.4) is 0 Å². The van der Waals surface area contributed by atoms with Gasteiger partial charge in [-0.3, -0.25) is 14.3 Å². The van der Waals surface area contributed by atoms with Crippen LogP contribution < -0.4 is 4.74 Å². The lowest BCUT2D eigenvalue weighted by molar-refractivity contribution is -0.137. The zero-order chi connectivity index (χ0) is 23.4. The maximum Gasteiger partial charge on any atom is 0.257 e. The largest absolute Gasteiger partial charge is 0.490 e. The summed E-state index contributed by atoms with van der Waals surface area (Å²) in [6.07, 6.45) is 2.62. The number of hydrogen-bond acceptors (Lipinski definition) is 5. The topological polar surface area (TPSA) is 76.9 Å². The number of amides is 2. The van der Waals surface area contributed by atoms with E-state index >= 15 is 0 Å². The van der Waals surface area contributed by atoms with Crippen LogP contribution in [0.4, 0.5) is 0 Å². The van der Waals surface area contributed by atoms with Gasteiger partial charge in [0.1, 0.15) is 11.9 Å². The van der Waals surface area contributed by atoms with Crippen molar-refractivity contribution in [3.05, 3.63) is 46.7 Å². The minimum atomic E-state index is -0.167. The van der Waals surface area contributed by atoms with Gasteiger partial charge in [-0.2, -0.15) is 5.10 Å². The Bertz CT molecular complexity index is 971. The van der Waals surface area contributed by atoms with Crippen LogP contribution in [0, 0.1) is 12.8 Å². The van der Waals surface area contributed by atoms with E-state index in [2.05, 4.69) is 5.10 Å². The zero-order valence-corrected chi connectivity index (χ0v) is 20.0. The number of rotatable bonds is 6. The Hall–Kier alpha value is -2.58. The molecule has 1 aromatic carbocycles. The minimum Gasteiger partial charge on any atom is -0.490 e. The number of halogens is 1. The van der Waals surface area contributed by atoms with Crippen molar-refractivity contribution in [3.8, 4) is 5.75 Å². The summed E-state index contributed by atoms with van der Waals surface area (Å²) in [5.74, 6) is 0.640. The quantitative estimate of drug-likeness (QED) is 0.643. The molecule has 2 fully saturated rings. The van der Waals surface area contributed by atoms with Gasteiger partial charge in [0, 0.05) is 62.7 Å². The number of morpholine rings is 1. The monoisotopic (exact) mass is 474 g/mol. The van der Waals surface area contributed by atoms with Crippen molar-refractivity contribution in [2.75, 3.05) is 39.4 Å². The van der Waals surface area contributed by atoms with Gasteiger partial charge in [-0.25, -0.2) is 0 Å². The van der Waals surface area contributed by atoms with Crippen LogP contribution in [0.1, 0.15) is 35.8 Å². The van der Waals surface area contributed by atoms with Gasteiger partial charge in [0.25, 0.3) is 5.91 Å². The number of nitrogens with zero attached hydrogens (tertiary/aromatic N) is 4. The second-order valence-corrected chi connectivity index (χ2v) is 9.03. The molecule has 0 bridgehead atoms. The third-order valence-electron chi connectivity index (χ3n) is 6.35. The number of benzene rings is 1. The number of aromatic nitrogens is 2. The van der Waals surface area contributed by atoms with Crippen LogP contribution in [-0.4, -0.2) is 76.9 Å². The molecule has 0 unspecified atom stereocenters. The van der Waals surface area contributed by atoms with E-state index < -0.39 is 0 Å². The van der Waals surface area contributed by atoms with E-state index in [9.17, 15) is 9.59 Å². The summed E-state index contributed by atoms with van der Waals surface area (Å²) in [7, 11) is 0. The Balaban J connectivity index is 1.50. The molecule has 2 amide bonds. The van der Waals surface area contributed by atoms with Crippen LogP contribution in [0.5, 0.6) is 5.75 Å². The smallest absolute Gasteiger partial charge is 0.257 e. The lowest BCUT2D eigenvalue weighted by Crippen LogP contribution is -2.50. The standard InChI is InChI=1S/C24H31ClN4O4/c1-3-29-16-21(17(2)26-29)24(31)28-9-8-22(33-20-6-4-19(25)5-7-20)18(15-28)14-23(30)27-10-12-32-13-11-27/h4-7,16,18,22H,3,8-15H2,1-2H3/t18-,22-/m0/s1. The van der Waals surface area contributed by atoms with Crippen molar-refractivity contribution < 1.29 is 19.1 Å². The molecule has 8 nitrogen and oxygen atoms in total. The second kappa shape index (κ2) is 10.6. The van der Waals surface area contributed by atoms with Gasteiger partial charge < -0.3 is 19.3 Å². The highest BCUT2D eigenvalue weighted by molar-refractivity contribution is 6.30. The highest BCUT2D eigenvalue weighted by Crippen LogP contribution is 2.28. The van der Waals surface area contributed by atoms with Crippen molar-refractivity contribution >= 4 is 23.4 Å². The van der Waals surface area contributed by atoms with Gasteiger partial charge in [-0.15, -0.1) is 0 Å². The van der Waals surface area contributed by atoms with Crippen LogP contribution in [0.15, 0.2) is 30.5 Å². The van der Waals surface area contributed by atoms with Crippen LogP contribution in [0.2, 0.25) is 5.02 Å². The molecule has 178 valence electrons. The van der Waals surface area contributed by atoms with E-state index in [0.717, 1.165) is 5.69 Å². The molecule has 2 saturated heterocycles. The molecule has 0 spiro atoms. The second-order valence-electron chi connectivity index (χ2n) is 8.59. The normalized spacial score (nSPS) is 21.2. The third kappa shape index (κ3) is 5.68. The summed E-state index contributed by atoms with van der Waals surface area (Å²) in [4.78, 5) is 30.0. The summed E-state index contributed by atoms with van der Waals surface area (Å²) in [5.41, 5.74) is 1.34. The summed E-state index contributed by atoms with van der Waals surface area (Å²) >= 11 is 6.01. The molecular weight excluding hydrogens is 444 g/mol. The van der Waals surface area contributed by atoms with Gasteiger partial charge in [0.05, 0.1) is 24.5 Å². The van der Waals surface area contributed by atoms with Crippen molar-refractivity contribution in [2.24, 2.45) is 5.92 Å². The fourth-order valence-electron chi connectivity index (χ4n) is 4.46. The van der Waals surface area contributed by atoms with Crippen molar-refractivity contribution in [1.82, 2.24) is 19.6 Å². The van der Waals surface area contributed by atoms with Gasteiger partial charge in [0.15, 0.2) is 0 Å². The average molecular weight is 475 g/mol. The number of aryl methyl sites for hydroxylation is 2. The molecule has 3 heterocycles. The Kier molecular flexibility index (Phi) is 7.55. The number of ether oxygens (including phenoxy) is 2. The molecule has 9 heteroatoms. The lowest BCUT2D eigenvalue weighted by atomic mass is 9.90. The molecule has 33 heavy (non-hydrogen) atoms. The highest BCUT2D eigenvalue weighted by Gasteiger charge is 2.36. The van der Waals surface area contributed by atoms with Gasteiger partial charge in [-0.05, 0) is 38.1 Å². The summed E-state index contributed by atoms with van der Waals surface area (Å²) in [6.45, 7) is 7.92. The first kappa shape index (κ1) is 23.6. The van der Waals surface area contributed by atoms with Crippen LogP contribution in [-0.2, 0) is 16.1 Å². The molecular formula is C24H31ClN4O4. The maximum absolute atomic E-state index is 13.3. The molecule has 4 rings (SSSR count). The lowest BCUT2D eigenvalue weighted by Gasteiger charge is -2.39. The molecule has 0 radical (unpaired) electrons. The van der Waals surface area contributed by atoms with Crippen molar-refractivity contribution in [2.45, 2.75) is 39.3 Å². The van der Waals surface area contributed by atoms with Crippen molar-refractivity contribution in [3.63, 3.8) is 0 Å². The number of likely N-dealkylation sites (tertiary alicyclic amines) is 1. The Morgan fingerprint density at radius 3 is 2.55 bits per heavy atom. The molecule has 2 aliphatic heterocycles. The van der Waals surface area contributed by atoms with Crippen LogP contribution >= 0.6 is 11.6 Å². The number of piperidine rings is 1. The SMILES string of the molecule is CCn1cc(C(=O)N2CC[C@H](Oc3ccc(Cl)cc3)[C@@H](CC(=O)N3CCOCC3)C2)c(C)n1. The number of carbonyl (C=O) groups excluding carboxylic acids is 2. The fourth-order valence-corrected chi connectivity index (χ4v) is 4.59. The number of carbonyl (C=O) groups is 2. The van der Waals surface area contributed by atoms with Gasteiger partial charge in [0.2, 0.25) is 5.91 Å². The molecule has 2 aromatic rings. The summed E-state index contributed by atoms with van der Waals surface area (Å²) in [5, 5.41) is 5.06. The maximum atomic E-state index is 13.3. The summed E-state index contributed by atoms with van der Waals surface area (Å²) in [6, 6.07) is 7.25. The molecule has 1 aromatic heterocycles. The third-order valence-corrected chi connectivity index (χ3v) is 6.61. The van der Waals surface area contributed by atoms with E-state index in [1.54, 1.807) is 16.8 Å². The van der Waals surface area contributed by atoms with Crippen LogP contribution in [0.25, 0.3) is 0 Å². The van der Waals surface area contributed by atoms with E-state index in [0.29, 0.717) is 75.1 Å². The first-order valence-corrected chi connectivity index (χ1v) is 11.9. The van der Waals surface area contributed by atoms with Gasteiger partial charge in [-0.1, -0.05) is 11.6 Å². The van der Waals surface area contributed by atoms with Gasteiger partial charge >= 0.3 is 0 Å². The molecule has 2 aliphatic rings. The first-order chi connectivity index (χ1) is 15.9. The average Bonchev–Trinajstić information content (AvgIpc) is 3.22. The zero-order valence-electron chi connectivity index (χ0n) is 19.2. The number of hydrogen-bond donors (Lipinski definition) is 0. The molecule has 0 N–H and O–H groups in total. The predicted octanol–water partition coefficient (Wildman–Crippen LogP) is 3.02. The minimum absolute atomic E-state index is 0.0408. The van der Waals surface area contributed by atoms with E-state index in [-0.39, 0.29) is 23.8 Å². The molecule has 0 saturated carbocycles. The fraction of sp³-hybridized carbons (Fsp3) is 0.542. The Labute approximate surface area is 199 Å². The Morgan fingerprint density at radius 2 is 1.88 bits per heavy atom. The van der Waals surface area contributed by atoms with E-state index in [1.165, 1.54) is 0 Å². The molecule has 0 aliphatic carbocycles.